The van der Waals surface area contributed by atoms with Gasteiger partial charge in [-0.25, -0.2) is 0 Å². The van der Waals surface area contributed by atoms with E-state index >= 15 is 0 Å². The van der Waals surface area contributed by atoms with Crippen molar-refractivity contribution in [3.8, 4) is 0 Å². The van der Waals surface area contributed by atoms with Crippen molar-refractivity contribution in [1.29, 1.82) is 0 Å². The molecule has 1 aromatic heterocycles. The number of nitrogens with two attached hydrogens (primary N) is 1. The maximum atomic E-state index is 11.5. The minimum atomic E-state index is -0.269. The van der Waals surface area contributed by atoms with E-state index in [4.69, 9.17) is 10.5 Å². The minimum absolute atomic E-state index is 0. The van der Waals surface area contributed by atoms with Gasteiger partial charge in [0, 0.05) is 18.9 Å². The number of pyridine rings is 1. The van der Waals surface area contributed by atoms with E-state index in [1.807, 2.05) is 12.1 Å². The van der Waals surface area contributed by atoms with Crippen LogP contribution in [-0.2, 0) is 16.0 Å². The Hall–Kier alpha value is -0.840. The van der Waals surface area contributed by atoms with E-state index in [9.17, 15) is 4.79 Å². The zero-order valence-electron chi connectivity index (χ0n) is 9.67. The fourth-order valence-corrected chi connectivity index (χ4v) is 1.33. The van der Waals surface area contributed by atoms with E-state index in [0.717, 1.165) is 5.56 Å². The highest BCUT2D eigenvalue weighted by Crippen LogP contribution is 2.08. The topological polar surface area (TPSA) is 65.2 Å². The molecular formula is C11H18Cl2N2O2. The minimum Gasteiger partial charge on any atom is -0.466 e. The molecule has 0 saturated carbocycles. The Morgan fingerprint density at radius 2 is 2.24 bits per heavy atom. The summed E-state index contributed by atoms with van der Waals surface area (Å²) in [6.07, 6.45) is 4.02. The highest BCUT2D eigenvalue weighted by molar-refractivity contribution is 5.85. The molecule has 1 unspecified atom stereocenters. The van der Waals surface area contributed by atoms with Crippen LogP contribution < -0.4 is 5.73 Å². The molecule has 0 radical (unpaired) electrons. The van der Waals surface area contributed by atoms with Crippen LogP contribution in [0.3, 0.4) is 0 Å². The number of hydrogen-bond donors (Lipinski definition) is 1. The maximum absolute atomic E-state index is 11.5. The van der Waals surface area contributed by atoms with Crippen molar-refractivity contribution >= 4 is 30.8 Å². The Morgan fingerprint density at radius 1 is 1.53 bits per heavy atom. The van der Waals surface area contributed by atoms with Crippen LogP contribution in [0.15, 0.2) is 24.5 Å². The molecule has 1 rings (SSSR count). The fraction of sp³-hybridized carbons (Fsp3) is 0.455. The lowest BCUT2D eigenvalue weighted by atomic mass is 10.0. The van der Waals surface area contributed by atoms with Crippen molar-refractivity contribution in [3.05, 3.63) is 30.1 Å². The lowest BCUT2D eigenvalue weighted by molar-refractivity contribution is -0.147. The summed E-state index contributed by atoms with van der Waals surface area (Å²) in [7, 11) is 0. The van der Waals surface area contributed by atoms with Crippen LogP contribution in [0.5, 0.6) is 0 Å². The van der Waals surface area contributed by atoms with Gasteiger partial charge in [0.05, 0.1) is 12.5 Å². The SMILES string of the molecule is CCOC(=O)C(CN)Cc1cccnc1.Cl.Cl. The second kappa shape index (κ2) is 10.3. The van der Waals surface area contributed by atoms with Gasteiger partial charge in [-0.15, -0.1) is 24.8 Å². The molecule has 0 saturated heterocycles. The first-order chi connectivity index (χ1) is 7.27. The molecule has 0 spiro atoms. The summed E-state index contributed by atoms with van der Waals surface area (Å²) in [6.45, 7) is 2.48. The number of aromatic nitrogens is 1. The standard InChI is InChI=1S/C11H16N2O2.2ClH/c1-2-15-11(14)10(7-12)6-9-4-3-5-13-8-9;;/h3-5,8,10H,2,6-7,12H2,1H3;2*1H. The molecule has 1 aromatic rings. The van der Waals surface area contributed by atoms with Crippen LogP contribution >= 0.6 is 24.8 Å². The third kappa shape index (κ3) is 6.46. The summed E-state index contributed by atoms with van der Waals surface area (Å²) in [5, 5.41) is 0. The van der Waals surface area contributed by atoms with E-state index in [1.165, 1.54) is 0 Å². The molecule has 4 nitrogen and oxygen atoms in total. The Kier molecular flexibility index (Phi) is 11.2. The normalized spacial score (nSPS) is 10.7. The van der Waals surface area contributed by atoms with Crippen LogP contribution in [-0.4, -0.2) is 24.1 Å². The van der Waals surface area contributed by atoms with Crippen LogP contribution in [0.25, 0.3) is 0 Å². The smallest absolute Gasteiger partial charge is 0.310 e. The average Bonchev–Trinajstić information content (AvgIpc) is 2.27. The Labute approximate surface area is 114 Å². The molecule has 98 valence electrons. The average molecular weight is 281 g/mol. The van der Waals surface area contributed by atoms with Gasteiger partial charge in [0.2, 0.25) is 0 Å². The molecule has 0 fully saturated rings. The third-order valence-electron chi connectivity index (χ3n) is 2.11. The molecule has 1 heterocycles. The first kappa shape index (κ1) is 18.5. The van der Waals surface area contributed by atoms with Gasteiger partial charge in [0.25, 0.3) is 0 Å². The van der Waals surface area contributed by atoms with Crippen LogP contribution in [0, 0.1) is 5.92 Å². The predicted molar refractivity (Wildman–Crippen MR) is 71.6 cm³/mol. The van der Waals surface area contributed by atoms with E-state index in [1.54, 1.807) is 19.3 Å². The fourth-order valence-electron chi connectivity index (χ4n) is 1.33. The molecule has 0 amide bonds. The maximum Gasteiger partial charge on any atom is 0.310 e. The van der Waals surface area contributed by atoms with Crippen LogP contribution in [0.1, 0.15) is 12.5 Å². The number of rotatable bonds is 5. The van der Waals surface area contributed by atoms with Gasteiger partial charge in [-0.3, -0.25) is 9.78 Å². The summed E-state index contributed by atoms with van der Waals surface area (Å²) in [5.74, 6) is -0.502. The third-order valence-corrected chi connectivity index (χ3v) is 2.11. The monoisotopic (exact) mass is 280 g/mol. The number of halogens is 2. The van der Waals surface area contributed by atoms with Crippen LogP contribution in [0.2, 0.25) is 0 Å². The summed E-state index contributed by atoms with van der Waals surface area (Å²) >= 11 is 0. The zero-order valence-corrected chi connectivity index (χ0v) is 11.3. The quantitative estimate of drug-likeness (QED) is 0.833. The first-order valence-corrected chi connectivity index (χ1v) is 5.03. The largest absolute Gasteiger partial charge is 0.466 e. The number of carbonyl (C=O) groups is 1. The highest BCUT2D eigenvalue weighted by atomic mass is 35.5. The van der Waals surface area contributed by atoms with Crippen molar-refractivity contribution < 1.29 is 9.53 Å². The van der Waals surface area contributed by atoms with Gasteiger partial charge in [-0.1, -0.05) is 6.07 Å². The van der Waals surface area contributed by atoms with Crippen molar-refractivity contribution in [3.63, 3.8) is 0 Å². The van der Waals surface area contributed by atoms with Crippen molar-refractivity contribution in [2.45, 2.75) is 13.3 Å². The molecule has 0 bridgehead atoms. The molecule has 1 atom stereocenters. The van der Waals surface area contributed by atoms with Gasteiger partial charge in [-0.2, -0.15) is 0 Å². The highest BCUT2D eigenvalue weighted by Gasteiger charge is 2.18. The molecule has 6 heteroatoms. The summed E-state index contributed by atoms with van der Waals surface area (Å²) in [5.41, 5.74) is 6.53. The number of carbonyl (C=O) groups excluding carboxylic acids is 1. The first-order valence-electron chi connectivity index (χ1n) is 5.03. The number of esters is 1. The van der Waals surface area contributed by atoms with Gasteiger partial charge < -0.3 is 10.5 Å². The van der Waals surface area contributed by atoms with Crippen LogP contribution in [0.4, 0.5) is 0 Å². The van der Waals surface area contributed by atoms with Gasteiger partial charge in [0.15, 0.2) is 0 Å². The Morgan fingerprint density at radius 3 is 2.71 bits per heavy atom. The molecule has 0 aliphatic heterocycles. The predicted octanol–water partition coefficient (Wildman–Crippen LogP) is 1.61. The number of nitrogens with zero attached hydrogens (tertiary/aromatic N) is 1. The van der Waals surface area contributed by atoms with E-state index < -0.39 is 0 Å². The number of ether oxygens (including phenoxy) is 1. The molecule has 0 aliphatic rings. The van der Waals surface area contributed by atoms with Crippen molar-refractivity contribution in [1.82, 2.24) is 4.98 Å². The number of hydrogen-bond acceptors (Lipinski definition) is 4. The van der Waals surface area contributed by atoms with Gasteiger partial charge in [-0.05, 0) is 25.0 Å². The molecule has 2 N–H and O–H groups in total. The Balaban J connectivity index is 0. The lowest BCUT2D eigenvalue weighted by Gasteiger charge is -2.12. The molecule has 0 aliphatic carbocycles. The summed E-state index contributed by atoms with van der Waals surface area (Å²) in [4.78, 5) is 15.4. The zero-order chi connectivity index (χ0) is 11.1. The summed E-state index contributed by atoms with van der Waals surface area (Å²) < 4.78 is 4.93. The van der Waals surface area contributed by atoms with E-state index in [-0.39, 0.29) is 36.7 Å². The van der Waals surface area contributed by atoms with Gasteiger partial charge >= 0.3 is 5.97 Å². The second-order valence-corrected chi connectivity index (χ2v) is 3.25. The molecule has 0 aromatic carbocycles. The summed E-state index contributed by atoms with van der Waals surface area (Å²) in [6, 6.07) is 3.77. The molecule has 17 heavy (non-hydrogen) atoms. The van der Waals surface area contributed by atoms with Crippen molar-refractivity contribution in [2.24, 2.45) is 11.7 Å². The van der Waals surface area contributed by atoms with E-state index in [2.05, 4.69) is 4.98 Å². The van der Waals surface area contributed by atoms with Gasteiger partial charge in [0.1, 0.15) is 0 Å². The second-order valence-electron chi connectivity index (χ2n) is 3.25. The van der Waals surface area contributed by atoms with Crippen molar-refractivity contribution in [2.75, 3.05) is 13.2 Å². The molecular weight excluding hydrogens is 263 g/mol. The Bertz CT molecular complexity index is 310. The van der Waals surface area contributed by atoms with E-state index in [0.29, 0.717) is 19.6 Å². The lowest BCUT2D eigenvalue weighted by Crippen LogP contribution is -2.27.